The molecule has 12 heteroatoms. The van der Waals surface area contributed by atoms with E-state index in [1.165, 1.54) is 30.8 Å². The first kappa shape index (κ1) is 26.0. The number of hydrogen-bond acceptors (Lipinski definition) is 6. The van der Waals surface area contributed by atoms with Crippen LogP contribution in [-0.2, 0) is 18.0 Å². The van der Waals surface area contributed by atoms with Crippen LogP contribution >= 0.6 is 0 Å². The summed E-state index contributed by atoms with van der Waals surface area (Å²) in [7, 11) is 1.29. The Labute approximate surface area is 220 Å². The largest absolute Gasteiger partial charge is 0.416 e. The summed E-state index contributed by atoms with van der Waals surface area (Å²) >= 11 is 0. The molecule has 3 heterocycles. The van der Waals surface area contributed by atoms with E-state index in [1.807, 2.05) is 4.90 Å². The van der Waals surface area contributed by atoms with Gasteiger partial charge in [0.1, 0.15) is 5.69 Å². The van der Waals surface area contributed by atoms with Crippen LogP contribution < -0.4 is 16.1 Å². The zero-order chi connectivity index (χ0) is 27.9. The normalized spacial score (nSPS) is 13.9. The number of halogens is 3. The molecular weight excluding hydrogens is 513 g/mol. The molecule has 2 aromatic heterocycles. The Bertz CT molecular complexity index is 1710. The smallest absolute Gasteiger partial charge is 0.378 e. The Morgan fingerprint density at radius 3 is 2.36 bits per heavy atom. The quantitative estimate of drug-likeness (QED) is 0.397. The molecule has 4 aromatic rings. The van der Waals surface area contributed by atoms with E-state index in [0.717, 1.165) is 21.3 Å². The summed E-state index contributed by atoms with van der Waals surface area (Å²) in [5.74, 6) is 0. The lowest BCUT2D eigenvalue weighted by atomic mass is 10.1. The predicted molar refractivity (Wildman–Crippen MR) is 137 cm³/mol. The lowest BCUT2D eigenvalue weighted by Crippen LogP contribution is -2.40. The van der Waals surface area contributed by atoms with Crippen LogP contribution in [0.25, 0.3) is 22.6 Å². The maximum Gasteiger partial charge on any atom is 0.416 e. The third-order valence-corrected chi connectivity index (χ3v) is 6.71. The van der Waals surface area contributed by atoms with Crippen LogP contribution in [0, 0.1) is 18.3 Å². The number of hydrogen-bond donors (Lipinski definition) is 0. The highest BCUT2D eigenvalue weighted by Gasteiger charge is 2.32. The van der Waals surface area contributed by atoms with E-state index in [2.05, 4.69) is 11.2 Å². The third-order valence-electron chi connectivity index (χ3n) is 6.71. The molecule has 0 spiro atoms. The molecule has 1 aliphatic rings. The molecule has 0 atom stereocenters. The molecule has 1 fully saturated rings. The maximum absolute atomic E-state index is 13.7. The van der Waals surface area contributed by atoms with E-state index in [4.69, 9.17) is 4.74 Å². The van der Waals surface area contributed by atoms with Gasteiger partial charge in [-0.15, -0.1) is 0 Å². The van der Waals surface area contributed by atoms with E-state index < -0.39 is 23.0 Å². The number of nitrogens with zero attached hydrogens (tertiary/aromatic N) is 6. The third kappa shape index (κ3) is 4.61. The summed E-state index contributed by atoms with van der Waals surface area (Å²) in [6, 6.07) is 13.1. The van der Waals surface area contributed by atoms with Crippen molar-refractivity contribution in [2.24, 2.45) is 7.05 Å². The molecule has 0 unspecified atom stereocenters. The van der Waals surface area contributed by atoms with Gasteiger partial charge < -0.3 is 9.64 Å². The molecule has 0 bridgehead atoms. The highest BCUT2D eigenvalue weighted by atomic mass is 19.4. The van der Waals surface area contributed by atoms with Gasteiger partial charge in [-0.05, 0) is 49.4 Å². The lowest BCUT2D eigenvalue weighted by molar-refractivity contribution is -0.137. The minimum absolute atomic E-state index is 0.0264. The molecule has 1 saturated heterocycles. The molecule has 5 rings (SSSR count). The van der Waals surface area contributed by atoms with E-state index in [-0.39, 0.29) is 16.9 Å². The number of nitriles is 1. The number of rotatable bonds is 4. The summed E-state index contributed by atoms with van der Waals surface area (Å²) < 4.78 is 49.5. The molecule has 0 amide bonds. The van der Waals surface area contributed by atoms with E-state index in [9.17, 15) is 28.0 Å². The Balaban J connectivity index is 1.81. The van der Waals surface area contributed by atoms with Gasteiger partial charge in [0.15, 0.2) is 0 Å². The second kappa shape index (κ2) is 9.92. The first-order valence-electron chi connectivity index (χ1n) is 12.0. The van der Waals surface area contributed by atoms with Gasteiger partial charge in [0.25, 0.3) is 5.56 Å². The Hall–Kier alpha value is -4.63. The van der Waals surface area contributed by atoms with Gasteiger partial charge in [0.2, 0.25) is 0 Å². The van der Waals surface area contributed by atoms with Crippen molar-refractivity contribution in [3.8, 4) is 28.7 Å². The van der Waals surface area contributed by atoms with Crippen molar-refractivity contribution in [3.63, 3.8) is 0 Å². The fourth-order valence-electron chi connectivity index (χ4n) is 4.70. The van der Waals surface area contributed by atoms with E-state index >= 15 is 0 Å². The van der Waals surface area contributed by atoms with Gasteiger partial charge in [0.05, 0.1) is 59.2 Å². The first-order valence-corrected chi connectivity index (χ1v) is 12.0. The van der Waals surface area contributed by atoms with Crippen molar-refractivity contribution in [3.05, 3.63) is 92.4 Å². The van der Waals surface area contributed by atoms with Gasteiger partial charge in [-0.25, -0.2) is 9.48 Å². The predicted octanol–water partition coefficient (Wildman–Crippen LogP) is 3.42. The van der Waals surface area contributed by atoms with Gasteiger partial charge in [0, 0.05) is 25.8 Å². The molecule has 9 nitrogen and oxygen atoms in total. The summed E-state index contributed by atoms with van der Waals surface area (Å²) in [5.41, 5.74) is -0.0982. The lowest BCUT2D eigenvalue weighted by Gasteiger charge is -2.29. The van der Waals surface area contributed by atoms with Crippen molar-refractivity contribution in [2.75, 3.05) is 31.2 Å². The van der Waals surface area contributed by atoms with Crippen molar-refractivity contribution in [1.82, 2.24) is 18.9 Å². The summed E-state index contributed by atoms with van der Waals surface area (Å²) in [4.78, 5) is 29.0. The average molecular weight is 537 g/mol. The first-order chi connectivity index (χ1) is 18.6. The van der Waals surface area contributed by atoms with Crippen LogP contribution in [0.15, 0.2) is 64.3 Å². The van der Waals surface area contributed by atoms with Crippen LogP contribution in [0.1, 0.15) is 16.8 Å². The van der Waals surface area contributed by atoms with Crippen LogP contribution in [0.2, 0.25) is 0 Å². The van der Waals surface area contributed by atoms with Gasteiger partial charge >= 0.3 is 11.9 Å². The Morgan fingerprint density at radius 1 is 1.03 bits per heavy atom. The number of benzene rings is 2. The van der Waals surface area contributed by atoms with Gasteiger partial charge in [-0.1, -0.05) is 6.07 Å². The second-order valence-electron chi connectivity index (χ2n) is 9.04. The monoisotopic (exact) mass is 536 g/mol. The molecule has 0 aliphatic carbocycles. The van der Waals surface area contributed by atoms with E-state index in [1.54, 1.807) is 30.5 Å². The zero-order valence-electron chi connectivity index (χ0n) is 21.1. The number of morpholine rings is 1. The average Bonchev–Trinajstić information content (AvgIpc) is 3.37. The summed E-state index contributed by atoms with van der Waals surface area (Å²) in [6.07, 6.45) is -3.01. The molecule has 1 aliphatic heterocycles. The number of ether oxygens (including phenoxy) is 1. The Kier molecular flexibility index (Phi) is 6.61. The van der Waals surface area contributed by atoms with Crippen LogP contribution in [-0.4, -0.2) is 45.2 Å². The number of anilines is 1. The summed E-state index contributed by atoms with van der Waals surface area (Å²) in [6.45, 7) is 3.50. The summed E-state index contributed by atoms with van der Waals surface area (Å²) in [5, 5.41) is 13.7. The van der Waals surface area contributed by atoms with Crippen molar-refractivity contribution in [1.29, 1.82) is 5.26 Å². The second-order valence-corrected chi connectivity index (χ2v) is 9.04. The number of aromatic nitrogens is 4. The molecular formula is C27H23F3N6O3. The Morgan fingerprint density at radius 2 is 1.72 bits per heavy atom. The topological polar surface area (TPSA) is 98.1 Å². The molecule has 0 saturated carbocycles. The van der Waals surface area contributed by atoms with Crippen LogP contribution in [0.4, 0.5) is 18.9 Å². The van der Waals surface area contributed by atoms with Crippen LogP contribution in [0.3, 0.4) is 0 Å². The van der Waals surface area contributed by atoms with Crippen LogP contribution in [0.5, 0.6) is 0 Å². The molecule has 2 aromatic carbocycles. The minimum atomic E-state index is -4.62. The van der Waals surface area contributed by atoms with Crippen molar-refractivity contribution in [2.45, 2.75) is 13.1 Å². The molecule has 39 heavy (non-hydrogen) atoms. The molecule has 0 radical (unpaired) electrons. The van der Waals surface area contributed by atoms with E-state index in [0.29, 0.717) is 48.9 Å². The highest BCUT2D eigenvalue weighted by Crippen LogP contribution is 2.35. The fraction of sp³-hybridized carbons (Fsp3) is 0.259. The van der Waals surface area contributed by atoms with Gasteiger partial charge in [-0.3, -0.25) is 13.9 Å². The maximum atomic E-state index is 13.7. The van der Waals surface area contributed by atoms with Crippen molar-refractivity contribution >= 4 is 5.69 Å². The standard InChI is InChI=1S/C27H23F3N6O3/c1-17-23(25(37)33(2)26(38)35(17)21-5-3-4-19(14-21)27(28,29)30)24-22(34-10-12-39-13-11-34)16-32-36(24)20-8-6-18(15-31)7-9-20/h3-9,14,16H,10-13H2,1-2H3. The van der Waals surface area contributed by atoms with Crippen molar-refractivity contribution < 1.29 is 17.9 Å². The zero-order valence-corrected chi connectivity index (χ0v) is 21.1. The SMILES string of the molecule is Cc1c(-c2c(N3CCOCC3)cnn2-c2ccc(C#N)cc2)c(=O)n(C)c(=O)n1-c1cccc(C(F)(F)F)c1. The van der Waals surface area contributed by atoms with Gasteiger partial charge in [-0.2, -0.15) is 23.5 Å². The number of alkyl halides is 3. The molecule has 200 valence electrons. The fourth-order valence-corrected chi connectivity index (χ4v) is 4.70. The molecule has 0 N–H and O–H groups in total. The highest BCUT2D eigenvalue weighted by molar-refractivity contribution is 5.78. The minimum Gasteiger partial charge on any atom is -0.378 e.